The molecule has 5 heteroatoms. The Hall–Kier alpha value is -1.46. The minimum Gasteiger partial charge on any atom is -0.430 e. The van der Waals surface area contributed by atoms with Crippen molar-refractivity contribution >= 4 is 11.5 Å². The molecule has 1 aromatic carbocycles. The number of rotatable bonds is 5. The molecule has 1 aromatic heterocycles. The van der Waals surface area contributed by atoms with Gasteiger partial charge in [-0.25, -0.2) is 0 Å². The molecule has 18 heavy (non-hydrogen) atoms. The summed E-state index contributed by atoms with van der Waals surface area (Å²) < 4.78 is 10.1. The minimum atomic E-state index is 0.115. The van der Waals surface area contributed by atoms with Crippen molar-refractivity contribution in [2.75, 3.05) is 6.61 Å². The van der Waals surface area contributed by atoms with E-state index in [4.69, 9.17) is 9.84 Å². The maximum atomic E-state index is 9.01. The van der Waals surface area contributed by atoms with E-state index >= 15 is 0 Å². The van der Waals surface area contributed by atoms with Crippen LogP contribution in [0, 0.1) is 0 Å². The molecule has 0 radical (unpaired) electrons. The highest BCUT2D eigenvalue weighted by atomic mass is 32.1. The van der Waals surface area contributed by atoms with Crippen LogP contribution in [0.2, 0.25) is 0 Å². The van der Waals surface area contributed by atoms with Crippen LogP contribution in [0.3, 0.4) is 0 Å². The predicted molar refractivity (Wildman–Crippen MR) is 69.2 cm³/mol. The lowest BCUT2D eigenvalue weighted by Crippen LogP contribution is -1.95. The number of aliphatic hydroxyl groups is 1. The van der Waals surface area contributed by atoms with E-state index in [-0.39, 0.29) is 6.61 Å². The summed E-state index contributed by atoms with van der Waals surface area (Å²) in [5, 5.41) is 9.60. The third kappa shape index (κ3) is 2.52. The van der Waals surface area contributed by atoms with E-state index in [0.717, 1.165) is 17.1 Å². The second-order valence-corrected chi connectivity index (χ2v) is 5.09. The summed E-state index contributed by atoms with van der Waals surface area (Å²) in [4.78, 5) is 4.39. The quantitative estimate of drug-likeness (QED) is 0.900. The van der Waals surface area contributed by atoms with E-state index < -0.39 is 0 Å². The third-order valence-corrected chi connectivity index (χ3v) is 3.53. The van der Waals surface area contributed by atoms with Gasteiger partial charge in [0.2, 0.25) is 0 Å². The summed E-state index contributed by atoms with van der Waals surface area (Å²) in [7, 11) is 0. The molecule has 1 aliphatic carbocycles. The van der Waals surface area contributed by atoms with E-state index in [1.54, 1.807) is 0 Å². The highest BCUT2D eigenvalue weighted by molar-refractivity contribution is 7.07. The van der Waals surface area contributed by atoms with Crippen molar-refractivity contribution in [1.29, 1.82) is 0 Å². The van der Waals surface area contributed by atoms with E-state index in [1.807, 2.05) is 24.3 Å². The van der Waals surface area contributed by atoms with Gasteiger partial charge in [-0.3, -0.25) is 0 Å². The molecule has 0 unspecified atom stereocenters. The van der Waals surface area contributed by atoms with E-state index in [2.05, 4.69) is 9.36 Å². The zero-order valence-electron chi connectivity index (χ0n) is 9.87. The number of nitrogens with zero attached hydrogens (tertiary/aromatic N) is 2. The number of para-hydroxylation sites is 1. The summed E-state index contributed by atoms with van der Waals surface area (Å²) in [6.07, 6.45) is 2.97. The molecule has 1 heterocycles. The standard InChI is InChI=1S/C13H14N2O2S/c16-8-7-9-3-1-2-4-11(9)17-13-14-12(15-18-13)10-5-6-10/h1-4,10,16H,5-8H2. The molecule has 1 fully saturated rings. The molecule has 1 N–H and O–H groups in total. The third-order valence-electron chi connectivity index (χ3n) is 2.92. The molecule has 0 bridgehead atoms. The van der Waals surface area contributed by atoms with Gasteiger partial charge in [0.15, 0.2) is 0 Å². The van der Waals surface area contributed by atoms with E-state index in [9.17, 15) is 0 Å². The highest BCUT2D eigenvalue weighted by Gasteiger charge is 2.28. The van der Waals surface area contributed by atoms with Gasteiger partial charge in [0.25, 0.3) is 5.19 Å². The first-order valence-electron chi connectivity index (χ1n) is 6.07. The normalized spacial score (nSPS) is 14.7. The number of hydrogen-bond acceptors (Lipinski definition) is 5. The Labute approximate surface area is 109 Å². The molecule has 0 aliphatic heterocycles. The fourth-order valence-electron chi connectivity index (χ4n) is 1.79. The number of hydrogen-bond donors (Lipinski definition) is 1. The smallest absolute Gasteiger partial charge is 0.298 e. The molecule has 0 amide bonds. The molecule has 0 saturated heterocycles. The lowest BCUT2D eigenvalue weighted by atomic mass is 10.1. The molecule has 1 saturated carbocycles. The van der Waals surface area contributed by atoms with Crippen LogP contribution in [-0.4, -0.2) is 21.1 Å². The molecule has 94 valence electrons. The Kier molecular flexibility index (Phi) is 3.25. The monoisotopic (exact) mass is 262 g/mol. The average Bonchev–Trinajstić information content (AvgIpc) is 3.13. The van der Waals surface area contributed by atoms with Gasteiger partial charge in [-0.15, -0.1) is 0 Å². The summed E-state index contributed by atoms with van der Waals surface area (Å²) in [5.74, 6) is 2.21. The average molecular weight is 262 g/mol. The van der Waals surface area contributed by atoms with Crippen molar-refractivity contribution < 1.29 is 9.84 Å². The van der Waals surface area contributed by atoms with Crippen LogP contribution in [0.1, 0.15) is 30.1 Å². The van der Waals surface area contributed by atoms with Crippen molar-refractivity contribution in [3.63, 3.8) is 0 Å². The van der Waals surface area contributed by atoms with Gasteiger partial charge in [0.1, 0.15) is 11.6 Å². The Balaban J connectivity index is 1.77. The molecule has 0 atom stereocenters. The second kappa shape index (κ2) is 5.04. The molecule has 2 aromatic rings. The Morgan fingerprint density at radius 3 is 2.94 bits per heavy atom. The molecule has 3 rings (SSSR count). The first-order valence-corrected chi connectivity index (χ1v) is 6.84. The van der Waals surface area contributed by atoms with Crippen LogP contribution in [0.15, 0.2) is 24.3 Å². The topological polar surface area (TPSA) is 55.2 Å². The fraction of sp³-hybridized carbons (Fsp3) is 0.385. The summed E-state index contributed by atoms with van der Waals surface area (Å²) >= 11 is 1.29. The zero-order chi connectivity index (χ0) is 12.4. The number of aliphatic hydroxyl groups excluding tert-OH is 1. The van der Waals surface area contributed by atoms with Gasteiger partial charge < -0.3 is 9.84 Å². The van der Waals surface area contributed by atoms with Crippen LogP contribution < -0.4 is 4.74 Å². The highest BCUT2D eigenvalue weighted by Crippen LogP contribution is 2.40. The Morgan fingerprint density at radius 2 is 2.17 bits per heavy atom. The van der Waals surface area contributed by atoms with Crippen LogP contribution in [0.4, 0.5) is 0 Å². The van der Waals surface area contributed by atoms with E-state index in [0.29, 0.717) is 17.5 Å². The van der Waals surface area contributed by atoms with Crippen LogP contribution in [-0.2, 0) is 6.42 Å². The maximum Gasteiger partial charge on any atom is 0.298 e. The SMILES string of the molecule is OCCc1ccccc1Oc1nc(C2CC2)ns1. The molecule has 1 aliphatic rings. The number of aromatic nitrogens is 2. The van der Waals surface area contributed by atoms with Gasteiger partial charge >= 0.3 is 0 Å². The minimum absolute atomic E-state index is 0.115. The van der Waals surface area contributed by atoms with Crippen LogP contribution in [0.25, 0.3) is 0 Å². The van der Waals surface area contributed by atoms with Crippen molar-refractivity contribution in [2.24, 2.45) is 0 Å². The first kappa shape index (κ1) is 11.6. The van der Waals surface area contributed by atoms with Crippen LogP contribution in [0.5, 0.6) is 10.9 Å². The van der Waals surface area contributed by atoms with E-state index in [1.165, 1.54) is 24.4 Å². The first-order chi connectivity index (χ1) is 8.86. The van der Waals surface area contributed by atoms with Gasteiger partial charge in [0, 0.05) is 24.1 Å². The largest absolute Gasteiger partial charge is 0.430 e. The number of benzene rings is 1. The summed E-state index contributed by atoms with van der Waals surface area (Å²) in [5.41, 5.74) is 0.989. The lowest BCUT2D eigenvalue weighted by Gasteiger charge is -2.06. The Morgan fingerprint density at radius 1 is 1.33 bits per heavy atom. The van der Waals surface area contributed by atoms with Gasteiger partial charge in [-0.1, -0.05) is 18.2 Å². The molecular weight excluding hydrogens is 248 g/mol. The number of ether oxygens (including phenoxy) is 1. The van der Waals surface area contributed by atoms with Gasteiger partial charge in [-0.05, 0) is 30.9 Å². The van der Waals surface area contributed by atoms with Crippen molar-refractivity contribution in [1.82, 2.24) is 9.36 Å². The Bertz CT molecular complexity index is 537. The molecule has 0 spiro atoms. The fourth-order valence-corrected chi connectivity index (χ4v) is 2.42. The molecule has 4 nitrogen and oxygen atoms in total. The van der Waals surface area contributed by atoms with Crippen molar-refractivity contribution in [3.8, 4) is 10.9 Å². The molecular formula is C13H14N2O2S. The van der Waals surface area contributed by atoms with Gasteiger partial charge in [0.05, 0.1) is 0 Å². The van der Waals surface area contributed by atoms with Gasteiger partial charge in [-0.2, -0.15) is 9.36 Å². The van der Waals surface area contributed by atoms with Crippen molar-refractivity contribution in [3.05, 3.63) is 35.7 Å². The predicted octanol–water partition coefficient (Wildman–Crippen LogP) is 2.74. The second-order valence-electron chi connectivity index (χ2n) is 4.38. The maximum absolute atomic E-state index is 9.01. The van der Waals surface area contributed by atoms with Crippen molar-refractivity contribution in [2.45, 2.75) is 25.2 Å². The lowest BCUT2D eigenvalue weighted by molar-refractivity contribution is 0.298. The zero-order valence-corrected chi connectivity index (χ0v) is 10.7. The summed E-state index contributed by atoms with van der Waals surface area (Å²) in [6.45, 7) is 0.115. The summed E-state index contributed by atoms with van der Waals surface area (Å²) in [6, 6.07) is 7.70. The van der Waals surface area contributed by atoms with Crippen LogP contribution >= 0.6 is 11.5 Å².